The Bertz CT molecular complexity index is 598. The molecule has 2 aromatic carbocycles. The summed E-state index contributed by atoms with van der Waals surface area (Å²) in [5.74, 6) is 3.09. The Labute approximate surface area is 118 Å². The van der Waals surface area contributed by atoms with Crippen LogP contribution in [0.1, 0.15) is 12.5 Å². The van der Waals surface area contributed by atoms with Crippen molar-refractivity contribution < 1.29 is 14.2 Å². The highest BCUT2D eigenvalue weighted by molar-refractivity contribution is 5.48. The molecule has 0 spiro atoms. The zero-order valence-corrected chi connectivity index (χ0v) is 11.4. The lowest BCUT2D eigenvalue weighted by atomic mass is 10.2. The minimum atomic E-state index is 0.274. The van der Waals surface area contributed by atoms with Crippen molar-refractivity contribution in [3.05, 3.63) is 48.0 Å². The van der Waals surface area contributed by atoms with Crippen LogP contribution in [0.15, 0.2) is 42.5 Å². The van der Waals surface area contributed by atoms with E-state index in [0.29, 0.717) is 0 Å². The highest BCUT2D eigenvalue weighted by Crippen LogP contribution is 2.37. The molecule has 1 N–H and O–H groups in total. The van der Waals surface area contributed by atoms with Crippen LogP contribution in [0.5, 0.6) is 23.0 Å². The molecule has 1 aliphatic heterocycles. The summed E-state index contributed by atoms with van der Waals surface area (Å²) in [5, 5.41) is 3.31. The first-order chi connectivity index (χ1) is 9.86. The molecule has 20 heavy (non-hydrogen) atoms. The predicted octanol–water partition coefficient (Wildman–Crippen LogP) is 3.32. The van der Waals surface area contributed by atoms with Gasteiger partial charge in [0, 0.05) is 18.2 Å². The largest absolute Gasteiger partial charge is 0.457 e. The van der Waals surface area contributed by atoms with Crippen LogP contribution in [0.4, 0.5) is 0 Å². The van der Waals surface area contributed by atoms with Gasteiger partial charge in [0.2, 0.25) is 6.79 Å². The number of hydrogen-bond donors (Lipinski definition) is 1. The summed E-state index contributed by atoms with van der Waals surface area (Å²) in [6.45, 7) is 4.08. The molecule has 0 saturated carbocycles. The summed E-state index contributed by atoms with van der Waals surface area (Å²) in [5.41, 5.74) is 1.13. The smallest absolute Gasteiger partial charge is 0.231 e. The molecular formula is C16H17NO3. The second-order valence-electron chi connectivity index (χ2n) is 4.51. The zero-order chi connectivity index (χ0) is 13.8. The Morgan fingerprint density at radius 3 is 2.85 bits per heavy atom. The van der Waals surface area contributed by atoms with Gasteiger partial charge in [0.25, 0.3) is 0 Å². The molecule has 0 saturated heterocycles. The molecule has 3 rings (SSSR count). The maximum Gasteiger partial charge on any atom is 0.231 e. The summed E-state index contributed by atoms with van der Waals surface area (Å²) in [7, 11) is 0. The van der Waals surface area contributed by atoms with E-state index in [1.807, 2.05) is 36.4 Å². The van der Waals surface area contributed by atoms with Gasteiger partial charge in [-0.05, 0) is 24.7 Å². The Morgan fingerprint density at radius 2 is 1.95 bits per heavy atom. The third-order valence-electron chi connectivity index (χ3n) is 3.11. The lowest BCUT2D eigenvalue weighted by Gasteiger charge is -2.11. The molecule has 1 aliphatic rings. The van der Waals surface area contributed by atoms with Crippen molar-refractivity contribution in [2.24, 2.45) is 0 Å². The number of benzene rings is 2. The van der Waals surface area contributed by atoms with Gasteiger partial charge in [-0.3, -0.25) is 0 Å². The molecule has 0 unspecified atom stereocenters. The van der Waals surface area contributed by atoms with E-state index in [1.165, 1.54) is 0 Å². The van der Waals surface area contributed by atoms with Crippen LogP contribution in [0.25, 0.3) is 0 Å². The molecule has 0 bridgehead atoms. The minimum Gasteiger partial charge on any atom is -0.457 e. The standard InChI is InChI=1S/C16H17NO3/c1-2-17-10-12-5-3-4-6-14(12)20-13-7-8-15-16(9-13)19-11-18-15/h3-9,17H,2,10-11H2,1H3. The summed E-state index contributed by atoms with van der Waals surface area (Å²) >= 11 is 0. The molecule has 2 aromatic rings. The molecule has 0 atom stereocenters. The number of hydrogen-bond acceptors (Lipinski definition) is 4. The zero-order valence-electron chi connectivity index (χ0n) is 11.4. The average Bonchev–Trinajstić information content (AvgIpc) is 2.94. The SMILES string of the molecule is CCNCc1ccccc1Oc1ccc2c(c1)OCO2. The fraction of sp³-hybridized carbons (Fsp3) is 0.250. The van der Waals surface area contributed by atoms with Gasteiger partial charge in [0.05, 0.1) is 0 Å². The Kier molecular flexibility index (Phi) is 3.74. The van der Waals surface area contributed by atoms with Gasteiger partial charge >= 0.3 is 0 Å². The van der Waals surface area contributed by atoms with Crippen molar-refractivity contribution in [3.8, 4) is 23.0 Å². The van der Waals surface area contributed by atoms with Crippen molar-refractivity contribution in [1.82, 2.24) is 5.32 Å². The van der Waals surface area contributed by atoms with Crippen LogP contribution in [-0.4, -0.2) is 13.3 Å². The number of rotatable bonds is 5. The van der Waals surface area contributed by atoms with Crippen LogP contribution >= 0.6 is 0 Å². The molecule has 0 radical (unpaired) electrons. The third kappa shape index (κ3) is 2.70. The van der Waals surface area contributed by atoms with Gasteiger partial charge in [0.1, 0.15) is 11.5 Å². The summed E-state index contributed by atoms with van der Waals surface area (Å²) in [4.78, 5) is 0. The minimum absolute atomic E-state index is 0.274. The molecular weight excluding hydrogens is 254 g/mol. The van der Waals surface area contributed by atoms with Crippen molar-refractivity contribution in [2.75, 3.05) is 13.3 Å². The fourth-order valence-corrected chi connectivity index (χ4v) is 2.08. The number of nitrogens with one attached hydrogen (secondary N) is 1. The molecule has 104 valence electrons. The molecule has 4 heteroatoms. The summed E-state index contributed by atoms with van der Waals surface area (Å²) < 4.78 is 16.6. The average molecular weight is 271 g/mol. The summed E-state index contributed by atoms with van der Waals surface area (Å²) in [6, 6.07) is 13.6. The van der Waals surface area contributed by atoms with Crippen LogP contribution in [-0.2, 0) is 6.54 Å². The lowest BCUT2D eigenvalue weighted by Crippen LogP contribution is -2.12. The second-order valence-corrected chi connectivity index (χ2v) is 4.51. The first-order valence-electron chi connectivity index (χ1n) is 6.73. The first-order valence-corrected chi connectivity index (χ1v) is 6.73. The van der Waals surface area contributed by atoms with E-state index in [-0.39, 0.29) is 6.79 Å². The van der Waals surface area contributed by atoms with Gasteiger partial charge < -0.3 is 19.5 Å². The fourth-order valence-electron chi connectivity index (χ4n) is 2.08. The van der Waals surface area contributed by atoms with Crippen LogP contribution < -0.4 is 19.5 Å². The number of ether oxygens (including phenoxy) is 3. The van der Waals surface area contributed by atoms with Crippen LogP contribution in [0.3, 0.4) is 0 Å². The van der Waals surface area contributed by atoms with E-state index in [4.69, 9.17) is 14.2 Å². The second kappa shape index (κ2) is 5.84. The maximum absolute atomic E-state index is 5.96. The summed E-state index contributed by atoms with van der Waals surface area (Å²) in [6.07, 6.45) is 0. The predicted molar refractivity (Wildman–Crippen MR) is 76.5 cm³/mol. The van der Waals surface area contributed by atoms with Crippen LogP contribution in [0.2, 0.25) is 0 Å². The lowest BCUT2D eigenvalue weighted by molar-refractivity contribution is 0.174. The van der Waals surface area contributed by atoms with Crippen molar-refractivity contribution in [3.63, 3.8) is 0 Å². The Morgan fingerprint density at radius 1 is 1.10 bits per heavy atom. The first kappa shape index (κ1) is 12.8. The van der Waals surface area contributed by atoms with Gasteiger partial charge in [0.15, 0.2) is 11.5 Å². The Balaban J connectivity index is 1.80. The molecule has 0 amide bonds. The molecule has 0 fully saturated rings. The highest BCUT2D eigenvalue weighted by atomic mass is 16.7. The number of fused-ring (bicyclic) bond motifs is 1. The monoisotopic (exact) mass is 271 g/mol. The number of para-hydroxylation sites is 1. The van der Waals surface area contributed by atoms with Crippen molar-refractivity contribution in [2.45, 2.75) is 13.5 Å². The van der Waals surface area contributed by atoms with Crippen molar-refractivity contribution in [1.29, 1.82) is 0 Å². The van der Waals surface area contributed by atoms with Crippen LogP contribution in [0, 0.1) is 0 Å². The van der Waals surface area contributed by atoms with E-state index >= 15 is 0 Å². The van der Waals surface area contributed by atoms with Gasteiger partial charge in [-0.25, -0.2) is 0 Å². The highest BCUT2D eigenvalue weighted by Gasteiger charge is 2.14. The van der Waals surface area contributed by atoms with E-state index in [2.05, 4.69) is 18.3 Å². The third-order valence-corrected chi connectivity index (χ3v) is 3.11. The van der Waals surface area contributed by atoms with E-state index in [9.17, 15) is 0 Å². The normalized spacial score (nSPS) is 12.4. The van der Waals surface area contributed by atoms with Crippen molar-refractivity contribution >= 4 is 0 Å². The Hall–Kier alpha value is -2.20. The maximum atomic E-state index is 5.96. The molecule has 0 aliphatic carbocycles. The topological polar surface area (TPSA) is 39.7 Å². The quantitative estimate of drug-likeness (QED) is 0.905. The van der Waals surface area contributed by atoms with E-state index in [1.54, 1.807) is 0 Å². The van der Waals surface area contributed by atoms with E-state index in [0.717, 1.165) is 41.7 Å². The van der Waals surface area contributed by atoms with Gasteiger partial charge in [-0.1, -0.05) is 25.1 Å². The molecule has 0 aromatic heterocycles. The molecule has 1 heterocycles. The van der Waals surface area contributed by atoms with E-state index < -0.39 is 0 Å². The van der Waals surface area contributed by atoms with Gasteiger partial charge in [-0.15, -0.1) is 0 Å². The van der Waals surface area contributed by atoms with Gasteiger partial charge in [-0.2, -0.15) is 0 Å². The molecule has 4 nitrogen and oxygen atoms in total.